The molecule has 0 N–H and O–H groups in total. The second-order valence-electron chi connectivity index (χ2n) is 2.24. The van der Waals surface area contributed by atoms with Gasteiger partial charge in [0.15, 0.2) is 5.08 Å². The first kappa shape index (κ1) is 9.41. The van der Waals surface area contributed by atoms with Crippen LogP contribution in [0.2, 0.25) is 0 Å². The van der Waals surface area contributed by atoms with Crippen molar-refractivity contribution < 1.29 is 4.39 Å². The zero-order chi connectivity index (χ0) is 7.11. The van der Waals surface area contributed by atoms with Crippen LogP contribution in [0.25, 0.3) is 0 Å². The van der Waals surface area contributed by atoms with Crippen molar-refractivity contribution in [3.05, 3.63) is 0 Å². The molecule has 0 bridgehead atoms. The van der Waals surface area contributed by atoms with Crippen LogP contribution in [0.5, 0.6) is 0 Å². The molecule has 0 aliphatic heterocycles. The van der Waals surface area contributed by atoms with Crippen LogP contribution in [0.1, 0.15) is 39.0 Å². The van der Waals surface area contributed by atoms with Gasteiger partial charge in [0.2, 0.25) is 0 Å². The largest absolute Gasteiger partial charge is 0.235 e. The van der Waals surface area contributed by atoms with Gasteiger partial charge < -0.3 is 0 Å². The van der Waals surface area contributed by atoms with E-state index in [0.29, 0.717) is 6.42 Å². The molecule has 1 atom stereocenters. The predicted octanol–water partition coefficient (Wildman–Crippen LogP) is 3.65. The molecule has 1 unspecified atom stereocenters. The number of hydrogen-bond acceptors (Lipinski definition) is 0. The Hall–Kier alpha value is 0.410. The van der Waals surface area contributed by atoms with Gasteiger partial charge in [-0.25, -0.2) is 4.39 Å². The lowest BCUT2D eigenvalue weighted by Crippen LogP contribution is -1.86. The Kier molecular flexibility index (Phi) is 6.83. The van der Waals surface area contributed by atoms with Crippen LogP contribution in [0, 0.1) is 0 Å². The minimum absolute atomic E-state index is 0.667. The molecule has 0 amide bonds. The molecular weight excluding hydrogens is 183 g/mol. The van der Waals surface area contributed by atoms with Crippen molar-refractivity contribution in [2.45, 2.75) is 44.1 Å². The Morgan fingerprint density at radius 2 is 2.00 bits per heavy atom. The van der Waals surface area contributed by atoms with Gasteiger partial charge in [0.1, 0.15) is 0 Å². The lowest BCUT2D eigenvalue weighted by molar-refractivity contribution is 0.421. The highest BCUT2D eigenvalue weighted by atomic mass is 79.9. The molecule has 0 aliphatic rings. The van der Waals surface area contributed by atoms with Gasteiger partial charge in [0.05, 0.1) is 0 Å². The van der Waals surface area contributed by atoms with Crippen LogP contribution in [-0.4, -0.2) is 5.08 Å². The molecule has 0 nitrogen and oxygen atoms in total. The molecular formula is C7H14BrF. The summed E-state index contributed by atoms with van der Waals surface area (Å²) in [5.74, 6) is 0. The highest BCUT2D eigenvalue weighted by Crippen LogP contribution is 2.11. The summed E-state index contributed by atoms with van der Waals surface area (Å²) in [4.78, 5) is 0. The maximum absolute atomic E-state index is 12.0. The first-order valence-electron chi connectivity index (χ1n) is 3.55. The molecule has 0 fully saturated rings. The van der Waals surface area contributed by atoms with E-state index in [0.717, 1.165) is 6.42 Å². The van der Waals surface area contributed by atoms with Gasteiger partial charge in [0.25, 0.3) is 0 Å². The Labute approximate surface area is 65.0 Å². The average molecular weight is 197 g/mol. The normalized spacial score (nSPS) is 13.7. The van der Waals surface area contributed by atoms with Crippen molar-refractivity contribution >= 4 is 15.9 Å². The van der Waals surface area contributed by atoms with Gasteiger partial charge in [0, 0.05) is 0 Å². The zero-order valence-corrected chi connectivity index (χ0v) is 7.45. The van der Waals surface area contributed by atoms with Gasteiger partial charge in [-0.3, -0.25) is 0 Å². The van der Waals surface area contributed by atoms with E-state index in [1.54, 1.807) is 0 Å². The van der Waals surface area contributed by atoms with E-state index in [2.05, 4.69) is 22.9 Å². The minimum Gasteiger partial charge on any atom is -0.235 e. The fourth-order valence-electron chi connectivity index (χ4n) is 0.725. The maximum Gasteiger partial charge on any atom is 0.154 e. The molecule has 0 heterocycles. The molecule has 0 spiro atoms. The molecule has 0 aromatic heterocycles. The highest BCUT2D eigenvalue weighted by Gasteiger charge is 1.97. The second kappa shape index (κ2) is 6.53. The summed E-state index contributed by atoms with van der Waals surface area (Å²) < 4.78 is 12.0. The summed E-state index contributed by atoms with van der Waals surface area (Å²) in [6.45, 7) is 2.15. The number of rotatable bonds is 5. The fourth-order valence-corrected chi connectivity index (χ4v) is 1.05. The molecule has 0 rings (SSSR count). The standard InChI is InChI=1S/C7H14BrF/c1-2-3-4-5-6-7(8)9/h7H,2-6H2,1H3. The van der Waals surface area contributed by atoms with E-state index < -0.39 is 5.08 Å². The summed E-state index contributed by atoms with van der Waals surface area (Å²) in [7, 11) is 0. The van der Waals surface area contributed by atoms with Crippen LogP contribution in [-0.2, 0) is 0 Å². The summed E-state index contributed by atoms with van der Waals surface area (Å²) in [6.07, 6.45) is 5.31. The Bertz CT molecular complexity index is 54.9. The quantitative estimate of drug-likeness (QED) is 0.466. The topological polar surface area (TPSA) is 0 Å². The number of alkyl halides is 2. The summed E-state index contributed by atoms with van der Waals surface area (Å²) in [5, 5.41) is -0.783. The molecule has 0 aromatic carbocycles. The SMILES string of the molecule is CCCCCCC(F)Br. The molecule has 2 heteroatoms. The lowest BCUT2D eigenvalue weighted by Gasteiger charge is -1.97. The third kappa shape index (κ3) is 8.41. The molecule has 56 valence electrons. The van der Waals surface area contributed by atoms with Crippen LogP contribution < -0.4 is 0 Å². The summed E-state index contributed by atoms with van der Waals surface area (Å²) in [5.41, 5.74) is 0. The van der Waals surface area contributed by atoms with Crippen LogP contribution in [0.4, 0.5) is 4.39 Å². The van der Waals surface area contributed by atoms with Crippen molar-refractivity contribution in [3.63, 3.8) is 0 Å². The lowest BCUT2D eigenvalue weighted by atomic mass is 10.2. The number of unbranched alkanes of at least 4 members (excludes halogenated alkanes) is 3. The minimum atomic E-state index is -0.783. The van der Waals surface area contributed by atoms with Crippen molar-refractivity contribution in [1.29, 1.82) is 0 Å². The molecule has 0 aliphatic carbocycles. The van der Waals surface area contributed by atoms with Crippen molar-refractivity contribution in [2.24, 2.45) is 0 Å². The van der Waals surface area contributed by atoms with Crippen LogP contribution in [0.15, 0.2) is 0 Å². The van der Waals surface area contributed by atoms with Crippen molar-refractivity contribution in [2.75, 3.05) is 0 Å². The smallest absolute Gasteiger partial charge is 0.154 e. The molecule has 0 radical (unpaired) electrons. The Morgan fingerprint density at radius 1 is 1.33 bits per heavy atom. The Morgan fingerprint density at radius 3 is 2.44 bits per heavy atom. The van der Waals surface area contributed by atoms with Gasteiger partial charge in [-0.2, -0.15) is 0 Å². The fraction of sp³-hybridized carbons (Fsp3) is 1.00. The second-order valence-corrected chi connectivity index (χ2v) is 3.23. The van der Waals surface area contributed by atoms with Crippen molar-refractivity contribution in [1.82, 2.24) is 0 Å². The molecule has 0 saturated heterocycles. The Balaban J connectivity index is 2.75. The zero-order valence-electron chi connectivity index (χ0n) is 5.87. The van der Waals surface area contributed by atoms with E-state index >= 15 is 0 Å². The highest BCUT2D eigenvalue weighted by molar-refractivity contribution is 9.09. The maximum atomic E-state index is 12.0. The predicted molar refractivity (Wildman–Crippen MR) is 42.6 cm³/mol. The molecule has 0 aromatic rings. The van der Waals surface area contributed by atoms with E-state index in [9.17, 15) is 4.39 Å². The molecule has 0 saturated carbocycles. The first-order valence-corrected chi connectivity index (χ1v) is 4.47. The van der Waals surface area contributed by atoms with Crippen molar-refractivity contribution in [3.8, 4) is 0 Å². The van der Waals surface area contributed by atoms with Crippen LogP contribution in [0.3, 0.4) is 0 Å². The van der Waals surface area contributed by atoms with E-state index in [4.69, 9.17) is 0 Å². The summed E-state index contributed by atoms with van der Waals surface area (Å²) >= 11 is 2.86. The number of halogens is 2. The van der Waals surface area contributed by atoms with E-state index in [-0.39, 0.29) is 0 Å². The average Bonchev–Trinajstić information content (AvgIpc) is 1.80. The van der Waals surface area contributed by atoms with Gasteiger partial charge >= 0.3 is 0 Å². The number of hydrogen-bond donors (Lipinski definition) is 0. The third-order valence-corrected chi connectivity index (χ3v) is 1.73. The first-order chi connectivity index (χ1) is 4.27. The van der Waals surface area contributed by atoms with E-state index in [1.165, 1.54) is 19.3 Å². The van der Waals surface area contributed by atoms with Gasteiger partial charge in [-0.05, 0) is 12.8 Å². The molecule has 9 heavy (non-hydrogen) atoms. The summed E-state index contributed by atoms with van der Waals surface area (Å²) in [6, 6.07) is 0. The monoisotopic (exact) mass is 196 g/mol. The van der Waals surface area contributed by atoms with E-state index in [1.807, 2.05) is 0 Å². The van der Waals surface area contributed by atoms with Crippen LogP contribution >= 0.6 is 15.9 Å². The van der Waals surface area contributed by atoms with Gasteiger partial charge in [-0.15, -0.1) is 0 Å². The van der Waals surface area contributed by atoms with Gasteiger partial charge in [-0.1, -0.05) is 42.1 Å². The third-order valence-electron chi connectivity index (χ3n) is 1.28.